The van der Waals surface area contributed by atoms with Crippen LogP contribution in [0.4, 0.5) is 5.95 Å². The molecule has 0 radical (unpaired) electrons. The number of anilines is 1. The maximum absolute atomic E-state index is 10.0. The lowest BCUT2D eigenvalue weighted by Crippen LogP contribution is -2.22. The van der Waals surface area contributed by atoms with Crippen molar-refractivity contribution in [3.63, 3.8) is 0 Å². The molecular weight excluding hydrogens is 412 g/mol. The first-order valence-corrected chi connectivity index (χ1v) is 12.5. The van der Waals surface area contributed by atoms with Crippen molar-refractivity contribution in [2.75, 3.05) is 18.9 Å². The monoisotopic (exact) mass is 450 g/mol. The van der Waals surface area contributed by atoms with Crippen LogP contribution in [-0.4, -0.2) is 55.5 Å². The van der Waals surface area contributed by atoms with E-state index in [-0.39, 0.29) is 12.1 Å². The lowest BCUT2D eigenvalue weighted by molar-refractivity contribution is 0.109. The van der Waals surface area contributed by atoms with Crippen molar-refractivity contribution in [2.45, 2.75) is 84.0 Å². The fourth-order valence-corrected chi connectivity index (χ4v) is 4.68. The molecule has 1 unspecified atom stereocenters. The van der Waals surface area contributed by atoms with Gasteiger partial charge in [-0.3, -0.25) is 0 Å². The third-order valence-corrected chi connectivity index (χ3v) is 6.78. The minimum absolute atomic E-state index is 0.196. The number of nitrogens with zero attached hydrogens (tertiary/aromatic N) is 5. The highest BCUT2D eigenvalue weighted by molar-refractivity contribution is 5.91. The Morgan fingerprint density at radius 1 is 1.15 bits per heavy atom. The predicted octanol–water partition coefficient (Wildman–Crippen LogP) is 5.02. The lowest BCUT2D eigenvalue weighted by Gasteiger charge is -2.25. The number of aromatic nitrogens is 4. The zero-order valence-electron chi connectivity index (χ0n) is 20.5. The Bertz CT molecular complexity index is 1040. The summed E-state index contributed by atoms with van der Waals surface area (Å²) in [6.45, 7) is 8.48. The van der Waals surface area contributed by atoms with Gasteiger partial charge in [-0.2, -0.15) is 10.1 Å². The lowest BCUT2D eigenvalue weighted by atomic mass is 9.93. The highest BCUT2D eigenvalue weighted by Gasteiger charge is 2.25. The molecule has 0 spiro atoms. The SMILES string of the molecule is CCCC(C)Nc1ncc2c(-c3ccc(CN(C)CC)cc3)nn(C3CCC(O)CC3)c2n1. The molecule has 0 bridgehead atoms. The molecule has 1 atom stereocenters. The van der Waals surface area contributed by atoms with Gasteiger partial charge in [0, 0.05) is 24.3 Å². The van der Waals surface area contributed by atoms with Crippen LogP contribution in [0.3, 0.4) is 0 Å². The molecule has 2 aromatic heterocycles. The summed E-state index contributed by atoms with van der Waals surface area (Å²) in [7, 11) is 2.13. The molecular formula is C26H38N6O. The first-order valence-electron chi connectivity index (χ1n) is 12.5. The van der Waals surface area contributed by atoms with Gasteiger partial charge in [0.15, 0.2) is 5.65 Å². The van der Waals surface area contributed by atoms with Crippen molar-refractivity contribution in [1.82, 2.24) is 24.6 Å². The molecule has 1 aromatic carbocycles. The molecule has 0 aliphatic heterocycles. The van der Waals surface area contributed by atoms with E-state index >= 15 is 0 Å². The number of benzene rings is 1. The van der Waals surface area contributed by atoms with Gasteiger partial charge in [0.2, 0.25) is 5.95 Å². The van der Waals surface area contributed by atoms with Crippen LogP contribution in [0.1, 0.15) is 70.9 Å². The van der Waals surface area contributed by atoms with Crippen molar-refractivity contribution in [1.29, 1.82) is 0 Å². The van der Waals surface area contributed by atoms with Crippen molar-refractivity contribution >= 4 is 17.0 Å². The molecule has 1 saturated carbocycles. The summed E-state index contributed by atoms with van der Waals surface area (Å²) < 4.78 is 2.09. The predicted molar refractivity (Wildman–Crippen MR) is 134 cm³/mol. The Morgan fingerprint density at radius 2 is 1.88 bits per heavy atom. The smallest absolute Gasteiger partial charge is 0.224 e. The summed E-state index contributed by atoms with van der Waals surface area (Å²) in [6.07, 6.45) is 7.36. The molecule has 4 rings (SSSR count). The molecule has 1 fully saturated rings. The van der Waals surface area contributed by atoms with Crippen LogP contribution in [0.15, 0.2) is 30.5 Å². The van der Waals surface area contributed by atoms with Crippen LogP contribution >= 0.6 is 0 Å². The standard InChI is InChI=1S/C26H38N6O/c1-5-7-18(3)28-26-27-16-23-24(20-10-8-19(9-11-20)17-31(4)6-2)30-32(25(23)29-26)21-12-14-22(33)15-13-21/h8-11,16,18,21-22,33H,5-7,12-15,17H2,1-4H3,(H,27,28,29). The fraction of sp³-hybridized carbons (Fsp3) is 0.577. The molecule has 178 valence electrons. The van der Waals surface area contributed by atoms with Crippen LogP contribution in [0.25, 0.3) is 22.3 Å². The normalized spacial score (nSPS) is 19.8. The van der Waals surface area contributed by atoms with Gasteiger partial charge >= 0.3 is 0 Å². The molecule has 2 heterocycles. The number of rotatable bonds is 9. The Hall–Kier alpha value is -2.51. The summed E-state index contributed by atoms with van der Waals surface area (Å²) in [5.74, 6) is 0.657. The summed E-state index contributed by atoms with van der Waals surface area (Å²) in [6, 6.07) is 9.26. The van der Waals surface area contributed by atoms with Gasteiger partial charge in [-0.25, -0.2) is 9.67 Å². The first kappa shape index (κ1) is 23.6. The topological polar surface area (TPSA) is 79.1 Å². The summed E-state index contributed by atoms with van der Waals surface area (Å²) >= 11 is 0. The van der Waals surface area contributed by atoms with E-state index in [1.807, 2.05) is 6.20 Å². The molecule has 2 N–H and O–H groups in total. The second-order valence-corrected chi connectivity index (χ2v) is 9.55. The molecule has 7 nitrogen and oxygen atoms in total. The van der Waals surface area contributed by atoms with Crippen LogP contribution in [-0.2, 0) is 6.54 Å². The number of aliphatic hydroxyl groups is 1. The van der Waals surface area contributed by atoms with Crippen molar-refractivity contribution in [2.24, 2.45) is 0 Å². The maximum atomic E-state index is 10.0. The first-order chi connectivity index (χ1) is 16.0. The summed E-state index contributed by atoms with van der Waals surface area (Å²) in [5, 5.41) is 19.5. The molecule has 7 heteroatoms. The van der Waals surface area contributed by atoms with Gasteiger partial charge in [0.05, 0.1) is 17.5 Å². The van der Waals surface area contributed by atoms with Gasteiger partial charge in [-0.05, 0) is 58.2 Å². The van der Waals surface area contributed by atoms with Gasteiger partial charge < -0.3 is 15.3 Å². The van der Waals surface area contributed by atoms with Gasteiger partial charge in [-0.1, -0.05) is 44.5 Å². The highest BCUT2D eigenvalue weighted by atomic mass is 16.3. The van der Waals surface area contributed by atoms with E-state index in [0.717, 1.165) is 73.9 Å². The van der Waals surface area contributed by atoms with E-state index in [1.54, 1.807) is 0 Å². The Morgan fingerprint density at radius 3 is 2.55 bits per heavy atom. The minimum atomic E-state index is -0.196. The van der Waals surface area contributed by atoms with Crippen LogP contribution in [0, 0.1) is 0 Å². The molecule has 0 saturated heterocycles. The number of nitrogens with one attached hydrogen (secondary N) is 1. The zero-order valence-corrected chi connectivity index (χ0v) is 20.5. The van der Waals surface area contributed by atoms with Gasteiger partial charge in [0.1, 0.15) is 5.69 Å². The molecule has 1 aliphatic rings. The van der Waals surface area contributed by atoms with E-state index in [1.165, 1.54) is 5.56 Å². The van der Waals surface area contributed by atoms with Crippen molar-refractivity contribution in [3.05, 3.63) is 36.0 Å². The van der Waals surface area contributed by atoms with E-state index in [0.29, 0.717) is 12.0 Å². The number of hydrogen-bond acceptors (Lipinski definition) is 6. The Kier molecular flexibility index (Phi) is 7.60. The van der Waals surface area contributed by atoms with Gasteiger partial charge in [-0.15, -0.1) is 0 Å². The molecule has 1 aliphatic carbocycles. The molecule has 0 amide bonds. The third-order valence-electron chi connectivity index (χ3n) is 6.78. The highest BCUT2D eigenvalue weighted by Crippen LogP contribution is 2.34. The largest absolute Gasteiger partial charge is 0.393 e. The van der Waals surface area contributed by atoms with E-state index in [9.17, 15) is 5.11 Å². The average Bonchev–Trinajstić information content (AvgIpc) is 3.19. The van der Waals surface area contributed by atoms with Gasteiger partial charge in [0.25, 0.3) is 0 Å². The van der Waals surface area contributed by atoms with Crippen LogP contribution in [0.5, 0.6) is 0 Å². The Balaban J connectivity index is 1.70. The van der Waals surface area contributed by atoms with Crippen LogP contribution in [0.2, 0.25) is 0 Å². The third kappa shape index (κ3) is 5.53. The van der Waals surface area contributed by atoms with Crippen molar-refractivity contribution in [3.8, 4) is 11.3 Å². The second kappa shape index (κ2) is 10.6. The maximum Gasteiger partial charge on any atom is 0.224 e. The number of aliphatic hydroxyl groups excluding tert-OH is 1. The summed E-state index contributed by atoms with van der Waals surface area (Å²) in [5.41, 5.74) is 4.18. The van der Waals surface area contributed by atoms with E-state index in [2.05, 4.69) is 72.0 Å². The minimum Gasteiger partial charge on any atom is -0.393 e. The average molecular weight is 451 g/mol. The number of fused-ring (bicyclic) bond motifs is 1. The van der Waals surface area contributed by atoms with E-state index in [4.69, 9.17) is 10.1 Å². The second-order valence-electron chi connectivity index (χ2n) is 9.55. The summed E-state index contributed by atoms with van der Waals surface area (Å²) in [4.78, 5) is 11.8. The zero-order chi connectivity index (χ0) is 23.4. The van der Waals surface area contributed by atoms with E-state index < -0.39 is 0 Å². The van der Waals surface area contributed by atoms with Crippen LogP contribution < -0.4 is 5.32 Å². The fourth-order valence-electron chi connectivity index (χ4n) is 4.68. The quantitative estimate of drug-likeness (QED) is 0.476. The molecule has 33 heavy (non-hydrogen) atoms. The molecule has 3 aromatic rings. The Labute approximate surface area is 197 Å². The number of hydrogen-bond donors (Lipinski definition) is 2. The van der Waals surface area contributed by atoms with Crippen molar-refractivity contribution < 1.29 is 5.11 Å².